The Morgan fingerprint density at radius 1 is 1.04 bits per heavy atom. The standard InChI is InChI=1S/C18H15N3O2/c1-20-18(23)15-10-16(21-12-8-6-11(19)7-9-12)13-4-2-3-5-14(13)17(15)22/h2-10H,19H2,1H3,(H,20,23)/b21-16-. The fourth-order valence-electron chi connectivity index (χ4n) is 2.41. The molecule has 23 heavy (non-hydrogen) atoms. The fourth-order valence-corrected chi connectivity index (χ4v) is 2.41. The van der Waals surface area contributed by atoms with E-state index in [1.807, 2.05) is 12.1 Å². The first-order valence-electron chi connectivity index (χ1n) is 7.12. The number of nitrogens with zero attached hydrogens (tertiary/aromatic N) is 1. The highest BCUT2D eigenvalue weighted by Crippen LogP contribution is 2.24. The van der Waals surface area contributed by atoms with Gasteiger partial charge in [-0.25, -0.2) is 4.99 Å². The van der Waals surface area contributed by atoms with Crippen LogP contribution in [0.15, 0.2) is 65.2 Å². The highest BCUT2D eigenvalue weighted by molar-refractivity contribution is 6.35. The van der Waals surface area contributed by atoms with Crippen LogP contribution in [0.4, 0.5) is 11.4 Å². The molecule has 1 amide bonds. The number of ketones is 1. The fraction of sp³-hybridized carbons (Fsp3) is 0.0556. The lowest BCUT2D eigenvalue weighted by atomic mass is 9.88. The molecule has 0 unspecified atom stereocenters. The number of nitrogen functional groups attached to an aromatic ring is 1. The molecule has 2 aromatic rings. The van der Waals surface area contributed by atoms with Crippen molar-refractivity contribution in [3.63, 3.8) is 0 Å². The quantitative estimate of drug-likeness (QED) is 0.659. The van der Waals surface area contributed by atoms with E-state index in [1.165, 1.54) is 13.1 Å². The van der Waals surface area contributed by atoms with Crippen LogP contribution in [0, 0.1) is 0 Å². The van der Waals surface area contributed by atoms with Gasteiger partial charge in [-0.15, -0.1) is 0 Å². The molecule has 2 aromatic carbocycles. The first-order valence-corrected chi connectivity index (χ1v) is 7.12. The third-order valence-electron chi connectivity index (χ3n) is 3.59. The zero-order valence-electron chi connectivity index (χ0n) is 12.5. The summed E-state index contributed by atoms with van der Waals surface area (Å²) in [5, 5.41) is 2.49. The summed E-state index contributed by atoms with van der Waals surface area (Å²) >= 11 is 0. The van der Waals surface area contributed by atoms with Crippen LogP contribution in [0.25, 0.3) is 0 Å². The molecular weight excluding hydrogens is 290 g/mol. The maximum atomic E-state index is 12.5. The van der Waals surface area contributed by atoms with Gasteiger partial charge in [-0.2, -0.15) is 0 Å². The lowest BCUT2D eigenvalue weighted by Crippen LogP contribution is -2.29. The van der Waals surface area contributed by atoms with Gasteiger partial charge in [0, 0.05) is 23.9 Å². The molecule has 3 rings (SSSR count). The zero-order valence-corrected chi connectivity index (χ0v) is 12.5. The molecule has 5 nitrogen and oxygen atoms in total. The molecule has 0 fully saturated rings. The highest BCUT2D eigenvalue weighted by atomic mass is 16.2. The second kappa shape index (κ2) is 5.88. The number of carbonyl (C=O) groups excluding carboxylic acids is 2. The number of likely N-dealkylation sites (N-methyl/N-ethyl adjacent to an activating group) is 1. The number of allylic oxidation sites excluding steroid dienone is 1. The maximum Gasteiger partial charge on any atom is 0.255 e. The Kier molecular flexibility index (Phi) is 3.76. The van der Waals surface area contributed by atoms with E-state index in [-0.39, 0.29) is 11.4 Å². The Morgan fingerprint density at radius 2 is 1.70 bits per heavy atom. The van der Waals surface area contributed by atoms with Crippen LogP contribution >= 0.6 is 0 Å². The molecule has 0 heterocycles. The summed E-state index contributed by atoms with van der Waals surface area (Å²) in [6.45, 7) is 0. The zero-order chi connectivity index (χ0) is 16.4. The van der Waals surface area contributed by atoms with Gasteiger partial charge in [-0.1, -0.05) is 24.3 Å². The molecule has 114 valence electrons. The number of hydrogen-bond donors (Lipinski definition) is 2. The number of Topliss-reactive ketones (excluding diaryl/α,β-unsaturated/α-hetero) is 1. The third-order valence-corrected chi connectivity index (χ3v) is 3.59. The van der Waals surface area contributed by atoms with Gasteiger partial charge in [0.25, 0.3) is 5.91 Å². The lowest BCUT2D eigenvalue weighted by molar-refractivity contribution is -0.116. The van der Waals surface area contributed by atoms with Crippen molar-refractivity contribution in [2.24, 2.45) is 4.99 Å². The molecule has 0 aliphatic heterocycles. The Bertz CT molecular complexity index is 849. The van der Waals surface area contributed by atoms with Crippen LogP contribution in [-0.4, -0.2) is 24.4 Å². The molecule has 0 atom stereocenters. The van der Waals surface area contributed by atoms with Crippen molar-refractivity contribution in [1.82, 2.24) is 5.32 Å². The Labute approximate surface area is 133 Å². The molecular formula is C18H15N3O2. The van der Waals surface area contributed by atoms with E-state index in [0.29, 0.717) is 28.2 Å². The second-order valence-corrected chi connectivity index (χ2v) is 5.10. The highest BCUT2D eigenvalue weighted by Gasteiger charge is 2.27. The van der Waals surface area contributed by atoms with Gasteiger partial charge in [0.15, 0.2) is 5.78 Å². The minimum atomic E-state index is -0.422. The van der Waals surface area contributed by atoms with Gasteiger partial charge < -0.3 is 11.1 Å². The largest absolute Gasteiger partial charge is 0.399 e. The number of rotatable bonds is 2. The van der Waals surface area contributed by atoms with E-state index in [0.717, 1.165) is 0 Å². The summed E-state index contributed by atoms with van der Waals surface area (Å²) in [6, 6.07) is 14.2. The van der Waals surface area contributed by atoms with Crippen molar-refractivity contribution in [1.29, 1.82) is 0 Å². The van der Waals surface area contributed by atoms with Gasteiger partial charge in [0.2, 0.25) is 0 Å². The molecule has 3 N–H and O–H groups in total. The van der Waals surface area contributed by atoms with Crippen molar-refractivity contribution in [3.8, 4) is 0 Å². The minimum absolute atomic E-state index is 0.0837. The van der Waals surface area contributed by atoms with E-state index in [1.54, 1.807) is 36.4 Å². The predicted molar refractivity (Wildman–Crippen MR) is 90.0 cm³/mol. The van der Waals surface area contributed by atoms with Crippen LogP contribution in [0.1, 0.15) is 15.9 Å². The van der Waals surface area contributed by atoms with Gasteiger partial charge in [-0.3, -0.25) is 9.59 Å². The first-order chi connectivity index (χ1) is 11.1. The summed E-state index contributed by atoms with van der Waals surface area (Å²) in [5.41, 5.74) is 8.87. The van der Waals surface area contributed by atoms with Gasteiger partial charge >= 0.3 is 0 Å². The van der Waals surface area contributed by atoms with Gasteiger partial charge in [-0.05, 0) is 30.3 Å². The van der Waals surface area contributed by atoms with Crippen molar-refractivity contribution in [2.45, 2.75) is 0 Å². The summed E-state index contributed by atoms with van der Waals surface area (Å²) in [7, 11) is 1.49. The number of anilines is 1. The topological polar surface area (TPSA) is 84.6 Å². The predicted octanol–water partition coefficient (Wildman–Crippen LogP) is 2.26. The van der Waals surface area contributed by atoms with Crippen molar-refractivity contribution in [3.05, 3.63) is 71.3 Å². The molecule has 0 radical (unpaired) electrons. The molecule has 1 aliphatic rings. The van der Waals surface area contributed by atoms with E-state index < -0.39 is 5.91 Å². The number of carbonyl (C=O) groups is 2. The SMILES string of the molecule is CNC(=O)C1=C/C(=N/c2ccc(N)cc2)c2ccccc2C1=O. The van der Waals surface area contributed by atoms with Gasteiger partial charge in [0.1, 0.15) is 0 Å². The lowest BCUT2D eigenvalue weighted by Gasteiger charge is -2.16. The van der Waals surface area contributed by atoms with Crippen LogP contribution in [0.2, 0.25) is 0 Å². The summed E-state index contributed by atoms with van der Waals surface area (Å²) in [4.78, 5) is 29.0. The second-order valence-electron chi connectivity index (χ2n) is 5.10. The number of aliphatic imine (C=N–C) groups is 1. The van der Waals surface area contributed by atoms with Crippen LogP contribution in [-0.2, 0) is 4.79 Å². The van der Waals surface area contributed by atoms with Crippen LogP contribution < -0.4 is 11.1 Å². The van der Waals surface area contributed by atoms with E-state index in [2.05, 4.69) is 10.3 Å². The van der Waals surface area contributed by atoms with Crippen molar-refractivity contribution in [2.75, 3.05) is 12.8 Å². The van der Waals surface area contributed by atoms with E-state index >= 15 is 0 Å². The Morgan fingerprint density at radius 3 is 2.35 bits per heavy atom. The molecule has 0 spiro atoms. The van der Waals surface area contributed by atoms with Crippen LogP contribution in [0.5, 0.6) is 0 Å². The summed E-state index contributed by atoms with van der Waals surface area (Å²) < 4.78 is 0. The number of amides is 1. The first kappa shape index (κ1) is 14.7. The molecule has 0 saturated heterocycles. The third kappa shape index (κ3) is 2.76. The number of fused-ring (bicyclic) bond motifs is 1. The summed E-state index contributed by atoms with van der Waals surface area (Å²) in [5.74, 6) is -0.717. The monoisotopic (exact) mass is 305 g/mol. The van der Waals surface area contributed by atoms with Crippen molar-refractivity contribution >= 4 is 28.8 Å². The average Bonchev–Trinajstić information content (AvgIpc) is 2.58. The van der Waals surface area contributed by atoms with Gasteiger partial charge in [0.05, 0.1) is 17.0 Å². The normalized spacial score (nSPS) is 15.1. The number of nitrogens with one attached hydrogen (secondary N) is 1. The summed E-state index contributed by atoms with van der Waals surface area (Å²) in [6.07, 6.45) is 1.53. The number of nitrogens with two attached hydrogens (primary N) is 1. The average molecular weight is 305 g/mol. The maximum absolute atomic E-state index is 12.5. The van der Waals surface area contributed by atoms with Crippen molar-refractivity contribution < 1.29 is 9.59 Å². The van der Waals surface area contributed by atoms with E-state index in [9.17, 15) is 9.59 Å². The number of hydrogen-bond acceptors (Lipinski definition) is 4. The van der Waals surface area contributed by atoms with Crippen LogP contribution in [0.3, 0.4) is 0 Å². The molecule has 0 saturated carbocycles. The minimum Gasteiger partial charge on any atom is -0.399 e. The molecule has 5 heteroatoms. The molecule has 1 aliphatic carbocycles. The Balaban J connectivity index is 2.16. The molecule has 0 aromatic heterocycles. The smallest absolute Gasteiger partial charge is 0.255 e. The Hall–Kier alpha value is -3.21. The molecule has 0 bridgehead atoms. The number of benzene rings is 2. The van der Waals surface area contributed by atoms with E-state index in [4.69, 9.17) is 5.73 Å².